The molecule has 2 aromatic carbocycles. The fourth-order valence-corrected chi connectivity index (χ4v) is 2.38. The van der Waals surface area contributed by atoms with Gasteiger partial charge >= 0.3 is 11.3 Å². The van der Waals surface area contributed by atoms with Gasteiger partial charge in [-0.2, -0.15) is 0 Å². The van der Waals surface area contributed by atoms with Crippen LogP contribution >= 0.6 is 15.9 Å². The first kappa shape index (κ1) is 12.7. The molecule has 5 heteroatoms. The van der Waals surface area contributed by atoms with Crippen LogP contribution in [0.3, 0.4) is 0 Å². The van der Waals surface area contributed by atoms with E-state index in [0.29, 0.717) is 21.2 Å². The summed E-state index contributed by atoms with van der Waals surface area (Å²) in [6.45, 7) is 0. The molecule has 0 atom stereocenters. The summed E-state index contributed by atoms with van der Waals surface area (Å²) in [4.78, 5) is 0. The van der Waals surface area contributed by atoms with Crippen molar-refractivity contribution in [3.63, 3.8) is 0 Å². The normalized spacial score (nSPS) is 10.8. The Bertz CT molecular complexity index is 797. The number of hydrogen-bond acceptors (Lipinski definition) is 3. The average molecular weight is 334 g/mol. The molecule has 3 aromatic rings. The zero-order valence-electron chi connectivity index (χ0n) is 10.2. The third-order valence-corrected chi connectivity index (χ3v) is 3.75. The van der Waals surface area contributed by atoms with E-state index in [9.17, 15) is 15.3 Å². The van der Waals surface area contributed by atoms with Gasteiger partial charge in [0.1, 0.15) is 22.6 Å². The minimum atomic E-state index is -0.0957. The molecule has 1 heterocycles. The number of benzene rings is 2. The van der Waals surface area contributed by atoms with Crippen molar-refractivity contribution in [2.75, 3.05) is 0 Å². The maximum Gasteiger partial charge on any atom is 0.382 e. The SMILES string of the molecule is Oc1ccc(-c2ccc3c(O)cc(O)c(Br)c3[o+]2)cc1. The van der Waals surface area contributed by atoms with E-state index in [4.69, 9.17) is 4.42 Å². The summed E-state index contributed by atoms with van der Waals surface area (Å²) in [7, 11) is 0. The summed E-state index contributed by atoms with van der Waals surface area (Å²) >= 11 is 3.24. The summed E-state index contributed by atoms with van der Waals surface area (Å²) in [6, 6.07) is 11.2. The number of halogens is 1. The molecular formula is C15H10BrO4+. The van der Waals surface area contributed by atoms with Gasteiger partial charge in [-0.3, -0.25) is 0 Å². The second-order valence-electron chi connectivity index (χ2n) is 4.32. The Labute approximate surface area is 122 Å². The van der Waals surface area contributed by atoms with Crippen molar-refractivity contribution in [1.29, 1.82) is 0 Å². The highest BCUT2D eigenvalue weighted by molar-refractivity contribution is 9.10. The standard InChI is InChI=1S/C15H9BrO4/c16-14-12(19)7-11(18)10-5-6-13(20-15(10)14)8-1-3-9(17)4-2-8/h1-7H,(H2-,17,18,19)/p+1. The van der Waals surface area contributed by atoms with Crippen LogP contribution in [-0.2, 0) is 0 Å². The summed E-state index contributed by atoms with van der Waals surface area (Å²) < 4.78 is 6.11. The highest BCUT2D eigenvalue weighted by Crippen LogP contribution is 2.39. The molecule has 0 aliphatic carbocycles. The van der Waals surface area contributed by atoms with Crippen LogP contribution in [0.25, 0.3) is 22.3 Å². The minimum absolute atomic E-state index is 0.0540. The van der Waals surface area contributed by atoms with Crippen molar-refractivity contribution < 1.29 is 19.7 Å². The first-order chi connectivity index (χ1) is 9.56. The predicted molar refractivity (Wildman–Crippen MR) is 78.8 cm³/mol. The first-order valence-corrected chi connectivity index (χ1v) is 6.62. The van der Waals surface area contributed by atoms with Crippen LogP contribution in [0.2, 0.25) is 0 Å². The molecule has 3 N–H and O–H groups in total. The summed E-state index contributed by atoms with van der Waals surface area (Å²) in [5.41, 5.74) is 1.13. The topological polar surface area (TPSA) is 72.0 Å². The van der Waals surface area contributed by atoms with Crippen LogP contribution in [0.1, 0.15) is 0 Å². The second-order valence-corrected chi connectivity index (χ2v) is 5.11. The van der Waals surface area contributed by atoms with E-state index in [1.165, 1.54) is 6.07 Å². The molecule has 0 saturated carbocycles. The highest BCUT2D eigenvalue weighted by Gasteiger charge is 2.22. The fourth-order valence-electron chi connectivity index (χ4n) is 1.97. The molecule has 0 unspecified atom stereocenters. The molecule has 3 rings (SSSR count). The lowest BCUT2D eigenvalue weighted by molar-refractivity contribution is 0.450. The Kier molecular flexibility index (Phi) is 2.99. The summed E-state index contributed by atoms with van der Waals surface area (Å²) in [6.07, 6.45) is 0. The van der Waals surface area contributed by atoms with Gasteiger partial charge in [-0.05, 0) is 46.3 Å². The smallest absolute Gasteiger partial charge is 0.382 e. The summed E-state index contributed by atoms with van der Waals surface area (Å²) in [5.74, 6) is 0.581. The zero-order chi connectivity index (χ0) is 14.3. The van der Waals surface area contributed by atoms with Crippen molar-refractivity contribution in [3.8, 4) is 28.6 Å². The van der Waals surface area contributed by atoms with E-state index in [-0.39, 0.29) is 17.2 Å². The van der Waals surface area contributed by atoms with Gasteiger partial charge in [0.25, 0.3) is 0 Å². The average Bonchev–Trinajstić information content (AvgIpc) is 2.45. The third-order valence-electron chi connectivity index (χ3n) is 2.98. The predicted octanol–water partition coefficient (Wildman–Crippen LogP) is 4.26. The van der Waals surface area contributed by atoms with Crippen molar-refractivity contribution >= 4 is 26.9 Å². The molecule has 20 heavy (non-hydrogen) atoms. The number of hydrogen-bond donors (Lipinski definition) is 3. The molecule has 0 fully saturated rings. The molecular weight excluding hydrogens is 324 g/mol. The maximum atomic E-state index is 9.80. The Morgan fingerprint density at radius 1 is 0.850 bits per heavy atom. The largest absolute Gasteiger partial charge is 0.508 e. The van der Waals surface area contributed by atoms with E-state index in [0.717, 1.165) is 5.56 Å². The van der Waals surface area contributed by atoms with Gasteiger partial charge in [-0.25, -0.2) is 4.42 Å². The maximum absolute atomic E-state index is 9.80. The van der Waals surface area contributed by atoms with Crippen molar-refractivity contribution in [2.24, 2.45) is 0 Å². The summed E-state index contributed by atoms with van der Waals surface area (Å²) in [5, 5.41) is 29.3. The van der Waals surface area contributed by atoms with Gasteiger partial charge in [0, 0.05) is 12.1 Å². The lowest BCUT2D eigenvalue weighted by Crippen LogP contribution is -1.82. The molecule has 4 nitrogen and oxygen atoms in total. The highest BCUT2D eigenvalue weighted by atomic mass is 79.9. The Hall–Kier alpha value is -2.27. The Morgan fingerprint density at radius 3 is 2.25 bits per heavy atom. The molecule has 0 spiro atoms. The molecule has 0 aliphatic rings. The third kappa shape index (κ3) is 2.06. The molecule has 1 aromatic heterocycles. The zero-order valence-corrected chi connectivity index (χ0v) is 11.8. The number of aromatic hydroxyl groups is 3. The molecule has 0 radical (unpaired) electrons. The fraction of sp³-hybridized carbons (Fsp3) is 0. The van der Waals surface area contributed by atoms with E-state index in [1.807, 2.05) is 0 Å². The van der Waals surface area contributed by atoms with Crippen LogP contribution in [0.5, 0.6) is 17.2 Å². The first-order valence-electron chi connectivity index (χ1n) is 5.83. The van der Waals surface area contributed by atoms with Gasteiger partial charge in [0.2, 0.25) is 0 Å². The van der Waals surface area contributed by atoms with Crippen LogP contribution in [0, 0.1) is 0 Å². The second kappa shape index (κ2) is 4.68. The van der Waals surface area contributed by atoms with Crippen LogP contribution < -0.4 is 0 Å². The number of phenolic OH excluding ortho intramolecular Hbond substituents is 3. The molecule has 0 bridgehead atoms. The Balaban J connectivity index is 2.24. The van der Waals surface area contributed by atoms with Crippen LogP contribution in [0.4, 0.5) is 0 Å². The van der Waals surface area contributed by atoms with E-state index in [1.54, 1.807) is 36.4 Å². The molecule has 0 aliphatic heterocycles. The van der Waals surface area contributed by atoms with Crippen LogP contribution in [-0.4, -0.2) is 15.3 Å². The van der Waals surface area contributed by atoms with Gasteiger partial charge in [0.15, 0.2) is 4.47 Å². The Morgan fingerprint density at radius 2 is 1.55 bits per heavy atom. The minimum Gasteiger partial charge on any atom is -0.508 e. The van der Waals surface area contributed by atoms with Crippen molar-refractivity contribution in [2.45, 2.75) is 0 Å². The van der Waals surface area contributed by atoms with E-state index >= 15 is 0 Å². The molecule has 100 valence electrons. The lowest BCUT2D eigenvalue weighted by atomic mass is 10.1. The van der Waals surface area contributed by atoms with Gasteiger partial charge in [-0.1, -0.05) is 0 Å². The monoisotopic (exact) mass is 333 g/mol. The van der Waals surface area contributed by atoms with Crippen LogP contribution in [0.15, 0.2) is 51.4 Å². The number of rotatable bonds is 1. The number of fused-ring (bicyclic) bond motifs is 1. The molecule has 0 saturated heterocycles. The lowest BCUT2D eigenvalue weighted by Gasteiger charge is -1.99. The van der Waals surface area contributed by atoms with Gasteiger partial charge in [0.05, 0.1) is 5.56 Å². The van der Waals surface area contributed by atoms with Crippen molar-refractivity contribution in [1.82, 2.24) is 0 Å². The van der Waals surface area contributed by atoms with Gasteiger partial charge < -0.3 is 15.3 Å². The quantitative estimate of drug-likeness (QED) is 0.582. The molecule has 0 amide bonds. The van der Waals surface area contributed by atoms with Crippen molar-refractivity contribution in [3.05, 3.63) is 46.9 Å². The van der Waals surface area contributed by atoms with E-state index < -0.39 is 0 Å². The van der Waals surface area contributed by atoms with Gasteiger partial charge in [-0.15, -0.1) is 0 Å². The van der Waals surface area contributed by atoms with E-state index in [2.05, 4.69) is 15.9 Å². The number of phenols is 3.